The largest absolute Gasteiger partial charge is 0.573 e. The van der Waals surface area contributed by atoms with Crippen molar-refractivity contribution in [3.8, 4) is 5.75 Å². The van der Waals surface area contributed by atoms with E-state index in [1.165, 1.54) is 17.4 Å². The lowest BCUT2D eigenvalue weighted by Gasteiger charge is -2.46. The first-order valence-electron chi connectivity index (χ1n) is 8.94. The van der Waals surface area contributed by atoms with E-state index < -0.39 is 30.1 Å². The first-order valence-corrected chi connectivity index (χ1v) is 10.5. The van der Waals surface area contributed by atoms with Crippen LogP contribution in [0.3, 0.4) is 0 Å². The van der Waals surface area contributed by atoms with Crippen LogP contribution < -0.4 is 4.74 Å². The lowest BCUT2D eigenvalue weighted by Crippen LogP contribution is -2.57. The Hall–Kier alpha value is -2.11. The summed E-state index contributed by atoms with van der Waals surface area (Å²) in [6.45, 7) is 0.372. The Bertz CT molecular complexity index is 1070. The number of rotatable bonds is 4. The van der Waals surface area contributed by atoms with Gasteiger partial charge < -0.3 is 14.8 Å². The number of hydrogen-bond donors (Lipinski definition) is 1. The molecule has 0 bridgehead atoms. The fraction of sp³-hybridized carbons (Fsp3) is 0.263. The molecule has 0 radical (unpaired) electrons. The lowest BCUT2D eigenvalue weighted by atomic mass is 9.93. The van der Waals surface area contributed by atoms with Gasteiger partial charge in [-0.25, -0.2) is 4.98 Å². The lowest BCUT2D eigenvalue weighted by molar-refractivity contribution is -0.274. The average molecular weight is 492 g/mol. The van der Waals surface area contributed by atoms with E-state index in [-0.39, 0.29) is 17.0 Å². The minimum atomic E-state index is -4.93. The van der Waals surface area contributed by atoms with Crippen molar-refractivity contribution in [2.45, 2.75) is 25.0 Å². The molecule has 1 saturated heterocycles. The first kappa shape index (κ1) is 22.1. The van der Waals surface area contributed by atoms with Gasteiger partial charge in [-0.3, -0.25) is 4.79 Å². The third-order valence-electron chi connectivity index (χ3n) is 4.78. The standard InChI is InChI=1S/C19H14Cl2F3N3O3S/c20-11-5-10(6-12(7-11)30-19(22,23)24)16-17(28)14-3-1-2-4-26(14)15(27(16)29)8-13-9-25-18(21)31-13/h1-3,5-7,9,15-16,29H,4,8H2. The molecule has 1 fully saturated rings. The van der Waals surface area contributed by atoms with Gasteiger partial charge in [-0.05, 0) is 29.8 Å². The molecule has 3 heterocycles. The smallest absolute Gasteiger partial charge is 0.406 e. The number of hydroxylamine groups is 2. The zero-order valence-corrected chi connectivity index (χ0v) is 17.8. The summed E-state index contributed by atoms with van der Waals surface area (Å²) >= 11 is 13.1. The third-order valence-corrected chi connectivity index (χ3v) is 6.14. The summed E-state index contributed by atoms with van der Waals surface area (Å²) in [5, 5.41) is 11.8. The summed E-state index contributed by atoms with van der Waals surface area (Å²) in [4.78, 5) is 19.7. The molecule has 2 aliphatic rings. The number of thiazole rings is 1. The zero-order chi connectivity index (χ0) is 22.3. The maximum atomic E-state index is 13.2. The number of carbonyl (C=O) groups excluding carboxylic acids is 1. The maximum Gasteiger partial charge on any atom is 0.573 e. The predicted octanol–water partition coefficient (Wildman–Crippen LogP) is 4.99. The first-order chi connectivity index (χ1) is 14.6. The Labute approximate surface area is 188 Å². The molecule has 12 heteroatoms. The van der Waals surface area contributed by atoms with Crippen LogP contribution in [0.5, 0.6) is 5.75 Å². The number of aromatic nitrogens is 1. The molecule has 31 heavy (non-hydrogen) atoms. The van der Waals surface area contributed by atoms with Crippen LogP contribution in [0.15, 0.2) is 48.3 Å². The molecule has 2 atom stereocenters. The highest BCUT2D eigenvalue weighted by Gasteiger charge is 2.45. The summed E-state index contributed by atoms with van der Waals surface area (Å²) in [5.74, 6) is -1.06. The normalized spacial score (nSPS) is 21.8. The molecular weight excluding hydrogens is 478 g/mol. The van der Waals surface area contributed by atoms with Gasteiger partial charge >= 0.3 is 6.36 Å². The Kier molecular flexibility index (Phi) is 6.01. The molecule has 0 spiro atoms. The minimum Gasteiger partial charge on any atom is -0.406 e. The number of halogens is 5. The Morgan fingerprint density at radius 1 is 1.29 bits per heavy atom. The number of allylic oxidation sites excluding steroid dienone is 2. The molecule has 1 aromatic carbocycles. The molecule has 2 unspecified atom stereocenters. The van der Waals surface area contributed by atoms with E-state index in [0.29, 0.717) is 16.7 Å². The van der Waals surface area contributed by atoms with Crippen LogP contribution in [0.4, 0.5) is 13.2 Å². The maximum absolute atomic E-state index is 13.2. The van der Waals surface area contributed by atoms with Crippen LogP contribution in [0, 0.1) is 0 Å². The van der Waals surface area contributed by atoms with Gasteiger partial charge in [-0.1, -0.05) is 35.4 Å². The van der Waals surface area contributed by atoms with E-state index in [0.717, 1.165) is 22.1 Å². The molecule has 2 aromatic rings. The Morgan fingerprint density at radius 3 is 2.74 bits per heavy atom. The zero-order valence-electron chi connectivity index (χ0n) is 15.5. The number of carbonyl (C=O) groups is 1. The highest BCUT2D eigenvalue weighted by Crippen LogP contribution is 2.39. The van der Waals surface area contributed by atoms with Gasteiger partial charge in [-0.2, -0.15) is 5.06 Å². The van der Waals surface area contributed by atoms with Crippen molar-refractivity contribution >= 4 is 40.3 Å². The quantitative estimate of drug-likeness (QED) is 0.649. The van der Waals surface area contributed by atoms with E-state index in [2.05, 4.69) is 9.72 Å². The van der Waals surface area contributed by atoms with Crippen LogP contribution in [0.1, 0.15) is 16.5 Å². The Balaban J connectivity index is 1.73. The fourth-order valence-electron chi connectivity index (χ4n) is 3.61. The van der Waals surface area contributed by atoms with E-state index in [9.17, 15) is 23.2 Å². The van der Waals surface area contributed by atoms with Gasteiger partial charge in [-0.15, -0.1) is 24.5 Å². The highest BCUT2D eigenvalue weighted by atomic mass is 35.5. The van der Waals surface area contributed by atoms with E-state index >= 15 is 0 Å². The third kappa shape index (κ3) is 4.73. The van der Waals surface area contributed by atoms with Gasteiger partial charge in [0.15, 0.2) is 4.47 Å². The SMILES string of the molecule is O=C1C2=CC=CCN2C(Cc2cnc(Cl)s2)N(O)C1c1cc(Cl)cc(OC(F)(F)F)c1. The van der Waals surface area contributed by atoms with Crippen LogP contribution in [-0.2, 0) is 11.2 Å². The molecule has 1 aromatic heterocycles. The number of alkyl halides is 3. The van der Waals surface area contributed by atoms with Crippen molar-refractivity contribution in [2.75, 3.05) is 6.54 Å². The van der Waals surface area contributed by atoms with E-state index in [1.807, 2.05) is 6.08 Å². The van der Waals surface area contributed by atoms with Crippen LogP contribution in [0.25, 0.3) is 0 Å². The molecule has 0 amide bonds. The summed E-state index contributed by atoms with van der Waals surface area (Å²) in [6.07, 6.45) is 1.37. The molecule has 0 aliphatic carbocycles. The van der Waals surface area contributed by atoms with Gasteiger partial charge in [0.05, 0.1) is 5.70 Å². The summed E-state index contributed by atoms with van der Waals surface area (Å²) in [6, 6.07) is 2.07. The van der Waals surface area contributed by atoms with E-state index in [1.54, 1.807) is 23.2 Å². The number of fused-ring (bicyclic) bond motifs is 1. The average Bonchev–Trinajstić information content (AvgIpc) is 3.08. The summed E-state index contributed by atoms with van der Waals surface area (Å²) < 4.78 is 42.4. The van der Waals surface area contributed by atoms with Crippen molar-refractivity contribution in [1.82, 2.24) is 14.9 Å². The topological polar surface area (TPSA) is 65.9 Å². The van der Waals surface area contributed by atoms with Gasteiger partial charge in [0, 0.05) is 29.1 Å². The highest BCUT2D eigenvalue weighted by molar-refractivity contribution is 7.15. The van der Waals surface area contributed by atoms with Gasteiger partial charge in [0.1, 0.15) is 18.0 Å². The summed E-state index contributed by atoms with van der Waals surface area (Å²) in [5.41, 5.74) is 0.401. The van der Waals surface area contributed by atoms with E-state index in [4.69, 9.17) is 23.2 Å². The molecular formula is C19H14Cl2F3N3O3S. The number of nitrogens with zero attached hydrogens (tertiary/aromatic N) is 3. The molecule has 164 valence electrons. The van der Waals surface area contributed by atoms with Gasteiger partial charge in [0.25, 0.3) is 0 Å². The van der Waals surface area contributed by atoms with Crippen LogP contribution >= 0.6 is 34.5 Å². The Morgan fingerprint density at radius 2 is 2.06 bits per heavy atom. The van der Waals surface area contributed by atoms with Crippen LogP contribution in [0.2, 0.25) is 9.49 Å². The molecule has 1 N–H and O–H groups in total. The fourth-order valence-corrected chi connectivity index (χ4v) is 4.85. The number of Topliss-reactive ketones (excluding diaryl/α,β-unsaturated/α-hetero) is 1. The van der Waals surface area contributed by atoms with Crippen molar-refractivity contribution in [1.29, 1.82) is 0 Å². The van der Waals surface area contributed by atoms with Crippen molar-refractivity contribution in [3.05, 3.63) is 68.3 Å². The minimum absolute atomic E-state index is 0.0660. The monoisotopic (exact) mass is 491 g/mol. The van der Waals surface area contributed by atoms with Crippen molar-refractivity contribution in [3.63, 3.8) is 0 Å². The van der Waals surface area contributed by atoms with Crippen molar-refractivity contribution < 1.29 is 27.9 Å². The second-order valence-electron chi connectivity index (χ2n) is 6.81. The summed E-state index contributed by atoms with van der Waals surface area (Å²) in [7, 11) is 0. The molecule has 4 rings (SSSR count). The second kappa shape index (κ2) is 8.44. The predicted molar refractivity (Wildman–Crippen MR) is 108 cm³/mol. The number of hydrogen-bond acceptors (Lipinski definition) is 7. The number of ether oxygens (including phenoxy) is 1. The number of ketones is 1. The molecule has 0 saturated carbocycles. The number of benzene rings is 1. The molecule has 2 aliphatic heterocycles. The van der Waals surface area contributed by atoms with Crippen molar-refractivity contribution in [2.24, 2.45) is 0 Å². The second-order valence-corrected chi connectivity index (χ2v) is 8.95. The van der Waals surface area contributed by atoms with Gasteiger partial charge in [0.2, 0.25) is 5.78 Å². The molecule has 6 nitrogen and oxygen atoms in total. The van der Waals surface area contributed by atoms with Crippen LogP contribution in [-0.4, -0.2) is 45.0 Å².